The molecule has 7 nitrogen and oxygen atoms in total. The second-order valence-corrected chi connectivity index (χ2v) is 8.95. The first-order valence-electron chi connectivity index (χ1n) is 12.2. The van der Waals surface area contributed by atoms with Crippen LogP contribution in [0.3, 0.4) is 0 Å². The van der Waals surface area contributed by atoms with Crippen molar-refractivity contribution in [2.45, 2.75) is 64.3 Å². The molecule has 0 radical (unpaired) electrons. The Kier molecular flexibility index (Phi) is 7.54. The highest BCUT2D eigenvalue weighted by atomic mass is 16.5. The van der Waals surface area contributed by atoms with Gasteiger partial charge in [0, 0.05) is 18.4 Å². The summed E-state index contributed by atoms with van der Waals surface area (Å²) in [5.41, 5.74) is 1.84. The van der Waals surface area contributed by atoms with E-state index in [2.05, 4.69) is 10.3 Å². The number of nitrogens with one attached hydrogen (secondary N) is 1. The van der Waals surface area contributed by atoms with Gasteiger partial charge in [-0.05, 0) is 81.0 Å². The molecule has 4 rings (SSSR count). The number of esters is 1. The van der Waals surface area contributed by atoms with Gasteiger partial charge in [-0.3, -0.25) is 4.79 Å². The molecule has 1 heterocycles. The fourth-order valence-corrected chi connectivity index (χ4v) is 4.08. The quantitative estimate of drug-likeness (QED) is 0.352. The topological polar surface area (TPSA) is 90.7 Å². The van der Waals surface area contributed by atoms with E-state index in [4.69, 9.17) is 13.9 Å². The molecule has 1 fully saturated rings. The van der Waals surface area contributed by atoms with E-state index in [1.165, 1.54) is 6.92 Å². The molecular weight excluding hydrogens is 444 g/mol. The van der Waals surface area contributed by atoms with E-state index in [0.717, 1.165) is 41.3 Å². The highest BCUT2D eigenvalue weighted by Crippen LogP contribution is 2.40. The zero-order valence-electron chi connectivity index (χ0n) is 20.5. The first kappa shape index (κ1) is 24.5. The van der Waals surface area contributed by atoms with E-state index in [1.807, 2.05) is 55.5 Å². The first-order valence-corrected chi connectivity index (χ1v) is 12.2. The standard InChI is InChI=1S/C28H32N2O5/c1-4-28(30-19(3)31,27(32)33-5-2)17-16-20-6-12-23(13-7-20)35-24-14-10-21(11-15-24)25-18-34-26(29-25)22-8-9-22/h6-7,10-15,18,22H,4-5,8-9,16-17H2,1-3H3,(H,30,31). The number of carbonyl (C=O) groups excluding carboxylic acids is 2. The molecule has 1 aliphatic rings. The van der Waals surface area contributed by atoms with Gasteiger partial charge < -0.3 is 19.2 Å². The number of aryl methyl sites for hydroxylation is 1. The highest BCUT2D eigenvalue weighted by molar-refractivity contribution is 5.87. The number of hydrogen-bond acceptors (Lipinski definition) is 6. The third kappa shape index (κ3) is 6.10. The molecular formula is C28H32N2O5. The summed E-state index contributed by atoms with van der Waals surface area (Å²) in [5, 5.41) is 2.82. The number of aromatic nitrogens is 1. The number of benzene rings is 2. The number of amides is 1. The molecule has 0 bridgehead atoms. The average molecular weight is 477 g/mol. The number of ether oxygens (including phenoxy) is 2. The predicted octanol–water partition coefficient (Wildman–Crippen LogP) is 5.79. The molecule has 1 saturated carbocycles. The smallest absolute Gasteiger partial charge is 0.331 e. The SMILES string of the molecule is CCOC(=O)C(CC)(CCc1ccc(Oc2ccc(-c3coc(C4CC4)n3)cc2)cc1)NC(C)=O. The molecule has 1 unspecified atom stereocenters. The van der Waals surface area contributed by atoms with Gasteiger partial charge in [0.15, 0.2) is 5.89 Å². The van der Waals surface area contributed by atoms with Gasteiger partial charge in [-0.25, -0.2) is 9.78 Å². The lowest BCUT2D eigenvalue weighted by Crippen LogP contribution is -2.54. The van der Waals surface area contributed by atoms with E-state index >= 15 is 0 Å². The summed E-state index contributed by atoms with van der Waals surface area (Å²) in [7, 11) is 0. The van der Waals surface area contributed by atoms with E-state index in [-0.39, 0.29) is 12.5 Å². The second-order valence-electron chi connectivity index (χ2n) is 8.95. The fourth-order valence-electron chi connectivity index (χ4n) is 4.08. The van der Waals surface area contributed by atoms with Crippen molar-refractivity contribution in [2.24, 2.45) is 0 Å². The van der Waals surface area contributed by atoms with Gasteiger partial charge in [-0.15, -0.1) is 0 Å². The van der Waals surface area contributed by atoms with Crippen molar-refractivity contribution in [3.8, 4) is 22.8 Å². The summed E-state index contributed by atoms with van der Waals surface area (Å²) in [6.07, 6.45) is 5.55. The Morgan fingerprint density at radius 2 is 1.71 bits per heavy atom. The average Bonchev–Trinajstić information content (AvgIpc) is 3.59. The third-order valence-corrected chi connectivity index (χ3v) is 6.28. The van der Waals surface area contributed by atoms with Crippen molar-refractivity contribution < 1.29 is 23.5 Å². The van der Waals surface area contributed by atoms with Crippen molar-refractivity contribution in [3.63, 3.8) is 0 Å². The van der Waals surface area contributed by atoms with Crippen molar-refractivity contribution in [1.82, 2.24) is 10.3 Å². The van der Waals surface area contributed by atoms with Gasteiger partial charge in [-0.2, -0.15) is 0 Å². The Bertz CT molecular complexity index is 1150. The lowest BCUT2D eigenvalue weighted by atomic mass is 9.88. The number of carbonyl (C=O) groups is 2. The van der Waals surface area contributed by atoms with Crippen LogP contribution in [0, 0.1) is 0 Å². The van der Waals surface area contributed by atoms with Gasteiger partial charge in [0.25, 0.3) is 0 Å². The van der Waals surface area contributed by atoms with Gasteiger partial charge in [0.2, 0.25) is 5.91 Å². The molecule has 0 spiro atoms. The molecule has 0 aliphatic heterocycles. The number of oxazole rings is 1. The predicted molar refractivity (Wildman–Crippen MR) is 132 cm³/mol. The molecule has 2 aromatic carbocycles. The van der Waals surface area contributed by atoms with Crippen LogP contribution in [0.5, 0.6) is 11.5 Å². The number of hydrogen-bond donors (Lipinski definition) is 1. The Labute approximate surface area is 205 Å². The fraction of sp³-hybridized carbons (Fsp3) is 0.393. The van der Waals surface area contributed by atoms with Crippen molar-refractivity contribution in [2.75, 3.05) is 6.61 Å². The van der Waals surface area contributed by atoms with E-state index in [1.54, 1.807) is 13.2 Å². The maximum absolute atomic E-state index is 12.6. The monoisotopic (exact) mass is 476 g/mol. The van der Waals surface area contributed by atoms with Crippen LogP contribution in [0.25, 0.3) is 11.3 Å². The molecule has 1 N–H and O–H groups in total. The number of rotatable bonds is 11. The Morgan fingerprint density at radius 1 is 1.06 bits per heavy atom. The molecule has 1 aliphatic carbocycles. The number of nitrogens with zero attached hydrogens (tertiary/aromatic N) is 1. The summed E-state index contributed by atoms with van der Waals surface area (Å²) >= 11 is 0. The summed E-state index contributed by atoms with van der Waals surface area (Å²) in [6, 6.07) is 15.5. The van der Waals surface area contributed by atoms with Gasteiger partial charge in [0.05, 0.1) is 6.61 Å². The second kappa shape index (κ2) is 10.8. The summed E-state index contributed by atoms with van der Waals surface area (Å²) in [4.78, 5) is 28.9. The maximum atomic E-state index is 12.6. The lowest BCUT2D eigenvalue weighted by molar-refractivity contribution is -0.153. The van der Waals surface area contributed by atoms with Crippen LogP contribution < -0.4 is 10.1 Å². The molecule has 1 atom stereocenters. The minimum Gasteiger partial charge on any atom is -0.464 e. The normalized spacial score (nSPS) is 14.7. The minimum atomic E-state index is -1.03. The van der Waals surface area contributed by atoms with E-state index in [9.17, 15) is 9.59 Å². The molecule has 0 saturated heterocycles. The molecule has 35 heavy (non-hydrogen) atoms. The Morgan fingerprint density at radius 3 is 2.29 bits per heavy atom. The van der Waals surface area contributed by atoms with Crippen LogP contribution in [0.15, 0.2) is 59.2 Å². The molecule has 184 valence electrons. The molecule has 3 aromatic rings. The van der Waals surface area contributed by atoms with Crippen LogP contribution in [-0.4, -0.2) is 29.0 Å². The molecule has 1 aromatic heterocycles. The van der Waals surface area contributed by atoms with Crippen LogP contribution in [0.1, 0.15) is 63.8 Å². The van der Waals surface area contributed by atoms with Crippen molar-refractivity contribution >= 4 is 11.9 Å². The Balaban J connectivity index is 1.36. The van der Waals surface area contributed by atoms with E-state index in [0.29, 0.717) is 30.9 Å². The van der Waals surface area contributed by atoms with Gasteiger partial charge in [0.1, 0.15) is 29.0 Å². The zero-order valence-corrected chi connectivity index (χ0v) is 20.5. The van der Waals surface area contributed by atoms with Crippen molar-refractivity contribution in [1.29, 1.82) is 0 Å². The summed E-state index contributed by atoms with van der Waals surface area (Å²) in [5.74, 6) is 2.12. The molecule has 7 heteroatoms. The Hall–Kier alpha value is -3.61. The van der Waals surface area contributed by atoms with Crippen LogP contribution in [-0.2, 0) is 20.7 Å². The van der Waals surface area contributed by atoms with Gasteiger partial charge >= 0.3 is 5.97 Å². The van der Waals surface area contributed by atoms with E-state index < -0.39 is 11.5 Å². The van der Waals surface area contributed by atoms with Crippen molar-refractivity contribution in [3.05, 3.63) is 66.2 Å². The lowest BCUT2D eigenvalue weighted by Gasteiger charge is -2.31. The summed E-state index contributed by atoms with van der Waals surface area (Å²) in [6.45, 7) is 5.33. The third-order valence-electron chi connectivity index (χ3n) is 6.28. The van der Waals surface area contributed by atoms with Crippen LogP contribution >= 0.6 is 0 Å². The van der Waals surface area contributed by atoms with Crippen LogP contribution in [0.2, 0.25) is 0 Å². The molecule has 1 amide bonds. The minimum absolute atomic E-state index is 0.249. The zero-order chi connectivity index (χ0) is 24.8. The largest absolute Gasteiger partial charge is 0.464 e. The van der Waals surface area contributed by atoms with Gasteiger partial charge in [-0.1, -0.05) is 19.1 Å². The maximum Gasteiger partial charge on any atom is 0.331 e. The first-order chi connectivity index (χ1) is 16.9. The van der Waals surface area contributed by atoms with Crippen LogP contribution in [0.4, 0.5) is 0 Å². The summed E-state index contributed by atoms with van der Waals surface area (Å²) < 4.78 is 16.8. The highest BCUT2D eigenvalue weighted by Gasteiger charge is 2.38.